The number of amides is 2. The van der Waals surface area contributed by atoms with Gasteiger partial charge in [-0.25, -0.2) is 0 Å². The van der Waals surface area contributed by atoms with E-state index in [0.717, 1.165) is 18.9 Å². The lowest BCUT2D eigenvalue weighted by Gasteiger charge is -2.31. The molecule has 35 heavy (non-hydrogen) atoms. The zero-order chi connectivity index (χ0) is 25.5. The molecule has 2 heterocycles. The number of thioether (sulfide) groups is 1. The van der Waals surface area contributed by atoms with Gasteiger partial charge in [0.25, 0.3) is 0 Å². The van der Waals surface area contributed by atoms with Gasteiger partial charge in [-0.3, -0.25) is 14.4 Å². The molecular formula is C23H21Cl2N3O6S. The van der Waals surface area contributed by atoms with E-state index >= 15 is 0 Å². The lowest BCUT2D eigenvalue weighted by Crippen LogP contribution is -2.44. The first-order chi connectivity index (χ1) is 16.8. The van der Waals surface area contributed by atoms with Crippen molar-refractivity contribution in [2.45, 2.75) is 19.4 Å². The van der Waals surface area contributed by atoms with Crippen LogP contribution in [0.3, 0.4) is 0 Å². The Hall–Kier alpha value is -3.13. The lowest BCUT2D eigenvalue weighted by atomic mass is 9.78. The van der Waals surface area contributed by atoms with Crippen molar-refractivity contribution in [3.8, 4) is 11.8 Å². The summed E-state index contributed by atoms with van der Waals surface area (Å²) >= 11 is 13.7. The third kappa shape index (κ3) is 6.11. The van der Waals surface area contributed by atoms with E-state index in [0.29, 0.717) is 17.9 Å². The summed E-state index contributed by atoms with van der Waals surface area (Å²) in [6.07, 6.45) is 1.50. The monoisotopic (exact) mass is 537 g/mol. The minimum absolute atomic E-state index is 0.0696. The van der Waals surface area contributed by atoms with Crippen LogP contribution in [0.5, 0.6) is 5.75 Å². The smallest absolute Gasteiger partial charge is 0.319 e. The van der Waals surface area contributed by atoms with Crippen molar-refractivity contribution in [2.75, 3.05) is 19.5 Å². The Morgan fingerprint density at radius 3 is 2.60 bits per heavy atom. The Kier molecular flexibility index (Phi) is 9.09. The fourth-order valence-corrected chi connectivity index (χ4v) is 5.00. The number of hydrogen-bond acceptors (Lipinski definition) is 8. The molecule has 1 aliphatic heterocycles. The number of nitrogens with one attached hydrogen (secondary N) is 2. The van der Waals surface area contributed by atoms with Crippen molar-refractivity contribution in [1.29, 1.82) is 5.26 Å². The van der Waals surface area contributed by atoms with Gasteiger partial charge in [0, 0.05) is 5.92 Å². The minimum Gasteiger partial charge on any atom is -0.491 e. The van der Waals surface area contributed by atoms with E-state index in [9.17, 15) is 19.6 Å². The van der Waals surface area contributed by atoms with Crippen LogP contribution >= 0.6 is 35.0 Å². The highest BCUT2D eigenvalue weighted by molar-refractivity contribution is 8.03. The summed E-state index contributed by atoms with van der Waals surface area (Å²) in [5, 5.41) is 15.7. The van der Waals surface area contributed by atoms with Crippen LogP contribution in [0.25, 0.3) is 0 Å². The molecule has 0 aliphatic carbocycles. The van der Waals surface area contributed by atoms with E-state index in [2.05, 4.69) is 16.7 Å². The van der Waals surface area contributed by atoms with Crippen LogP contribution in [0, 0.1) is 17.2 Å². The van der Waals surface area contributed by atoms with Crippen LogP contribution in [0.2, 0.25) is 10.0 Å². The van der Waals surface area contributed by atoms with E-state index in [-0.39, 0.29) is 44.6 Å². The minimum atomic E-state index is -1.36. The molecule has 184 valence electrons. The second kappa shape index (κ2) is 12.0. The summed E-state index contributed by atoms with van der Waals surface area (Å²) in [6, 6.07) is 8.47. The molecule has 2 N–H and O–H groups in total. The average Bonchev–Trinajstić information content (AvgIpc) is 3.36. The summed E-state index contributed by atoms with van der Waals surface area (Å²) in [5.41, 5.74) is 0.422. The number of carbonyl (C=O) groups excluding carboxylic acids is 3. The molecule has 2 atom stereocenters. The zero-order valence-electron chi connectivity index (χ0n) is 18.7. The molecule has 0 unspecified atom stereocenters. The lowest BCUT2D eigenvalue weighted by molar-refractivity contribution is -0.150. The third-order valence-electron chi connectivity index (χ3n) is 5.04. The Balaban J connectivity index is 1.93. The summed E-state index contributed by atoms with van der Waals surface area (Å²) < 4.78 is 15.4. The standard InChI is InChI=1S/C23H21Cl2N3O6S/c1-3-33-20-15(24)7-12(8-16(20)25)18-14(9-26)22(28-21(30)19(18)23(31)32-2)35-11-17(29)27-10-13-5-4-6-34-13/h4-8,18-19H,3,10-11H2,1-2H3,(H,27,29)(H,28,30)/t18-,19-/m1/s1. The maximum Gasteiger partial charge on any atom is 0.319 e. The fourth-order valence-electron chi connectivity index (χ4n) is 3.51. The maximum atomic E-state index is 12.9. The topological polar surface area (TPSA) is 131 Å². The predicted molar refractivity (Wildman–Crippen MR) is 130 cm³/mol. The second-order valence-corrected chi connectivity index (χ2v) is 9.01. The number of nitrogens with zero attached hydrogens (tertiary/aromatic N) is 1. The zero-order valence-corrected chi connectivity index (χ0v) is 21.1. The Morgan fingerprint density at radius 2 is 2.03 bits per heavy atom. The van der Waals surface area contributed by atoms with Crippen LogP contribution in [0.1, 0.15) is 24.2 Å². The van der Waals surface area contributed by atoms with Gasteiger partial charge < -0.3 is 24.5 Å². The maximum absolute atomic E-state index is 12.9. The van der Waals surface area contributed by atoms with E-state index in [1.54, 1.807) is 19.1 Å². The molecule has 2 amide bonds. The highest BCUT2D eigenvalue weighted by Gasteiger charge is 2.44. The molecule has 0 saturated heterocycles. The number of ether oxygens (including phenoxy) is 2. The SMILES string of the molecule is CCOc1c(Cl)cc([C@@H]2C(C#N)=C(SCC(=O)NCc3ccco3)NC(=O)[C@@H]2C(=O)OC)cc1Cl. The van der Waals surface area contributed by atoms with Crippen molar-refractivity contribution in [2.24, 2.45) is 5.92 Å². The molecule has 1 aromatic carbocycles. The molecular weight excluding hydrogens is 517 g/mol. The third-order valence-corrected chi connectivity index (χ3v) is 6.62. The van der Waals surface area contributed by atoms with Crippen LogP contribution < -0.4 is 15.4 Å². The molecule has 0 bridgehead atoms. The number of rotatable bonds is 9. The number of esters is 1. The van der Waals surface area contributed by atoms with Crippen molar-refractivity contribution >= 4 is 52.7 Å². The van der Waals surface area contributed by atoms with Gasteiger partial charge in [0.15, 0.2) is 5.75 Å². The number of methoxy groups -OCH3 is 1. The molecule has 0 fully saturated rings. The van der Waals surface area contributed by atoms with Crippen molar-refractivity contribution in [1.82, 2.24) is 10.6 Å². The van der Waals surface area contributed by atoms with Crippen molar-refractivity contribution < 1.29 is 28.3 Å². The fraction of sp³-hybridized carbons (Fsp3) is 0.304. The van der Waals surface area contributed by atoms with E-state index in [1.165, 1.54) is 18.4 Å². The number of nitriles is 1. The van der Waals surface area contributed by atoms with Gasteiger partial charge in [-0.1, -0.05) is 35.0 Å². The molecule has 0 radical (unpaired) electrons. The van der Waals surface area contributed by atoms with E-state index in [1.807, 2.05) is 0 Å². The summed E-state index contributed by atoms with van der Waals surface area (Å²) in [5.74, 6) is -3.53. The van der Waals surface area contributed by atoms with Gasteiger partial charge in [0.05, 0.1) is 59.0 Å². The normalized spacial score (nSPS) is 17.4. The van der Waals surface area contributed by atoms with Crippen LogP contribution in [0.15, 0.2) is 45.5 Å². The van der Waals surface area contributed by atoms with Crippen molar-refractivity contribution in [3.63, 3.8) is 0 Å². The number of benzene rings is 1. The van der Waals surface area contributed by atoms with Crippen LogP contribution in [0.4, 0.5) is 0 Å². The quantitative estimate of drug-likeness (QED) is 0.365. The number of carbonyl (C=O) groups is 3. The Morgan fingerprint density at radius 1 is 1.31 bits per heavy atom. The molecule has 3 rings (SSSR count). The second-order valence-electron chi connectivity index (χ2n) is 7.21. The largest absolute Gasteiger partial charge is 0.491 e. The van der Waals surface area contributed by atoms with Gasteiger partial charge in [0.1, 0.15) is 11.7 Å². The number of halogens is 2. The van der Waals surface area contributed by atoms with Gasteiger partial charge in [-0.2, -0.15) is 5.26 Å². The van der Waals surface area contributed by atoms with E-state index in [4.69, 9.17) is 37.1 Å². The summed E-state index contributed by atoms with van der Waals surface area (Å²) in [7, 11) is 1.15. The Labute approximate surface area is 215 Å². The molecule has 9 nitrogen and oxygen atoms in total. The summed E-state index contributed by atoms with van der Waals surface area (Å²) in [4.78, 5) is 37.8. The molecule has 12 heteroatoms. The first-order valence-corrected chi connectivity index (χ1v) is 12.1. The highest BCUT2D eigenvalue weighted by atomic mass is 35.5. The molecule has 2 aromatic rings. The highest BCUT2D eigenvalue weighted by Crippen LogP contribution is 2.44. The van der Waals surface area contributed by atoms with Gasteiger partial charge in [0.2, 0.25) is 11.8 Å². The van der Waals surface area contributed by atoms with Crippen molar-refractivity contribution in [3.05, 3.63) is 62.5 Å². The molecule has 1 aliphatic rings. The van der Waals surface area contributed by atoms with Crippen LogP contribution in [-0.2, 0) is 25.7 Å². The number of furan rings is 1. The molecule has 1 aromatic heterocycles. The first-order valence-electron chi connectivity index (χ1n) is 10.4. The van der Waals surface area contributed by atoms with Gasteiger partial charge in [-0.05, 0) is 36.8 Å². The number of hydrogen-bond donors (Lipinski definition) is 2. The predicted octanol–water partition coefficient (Wildman–Crippen LogP) is 3.77. The summed E-state index contributed by atoms with van der Waals surface area (Å²) in [6.45, 7) is 2.28. The average molecular weight is 538 g/mol. The number of allylic oxidation sites excluding steroid dienone is 1. The van der Waals surface area contributed by atoms with Crippen LogP contribution in [-0.4, -0.2) is 37.3 Å². The first kappa shape index (κ1) is 26.5. The molecule has 0 saturated carbocycles. The van der Waals surface area contributed by atoms with E-state index < -0.39 is 23.7 Å². The molecule has 0 spiro atoms. The van der Waals surface area contributed by atoms with Gasteiger partial charge >= 0.3 is 5.97 Å². The van der Waals surface area contributed by atoms with Gasteiger partial charge in [-0.15, -0.1) is 0 Å². The Bertz CT molecular complexity index is 1170.